The van der Waals surface area contributed by atoms with E-state index >= 15 is 0 Å². The average Bonchev–Trinajstić information content (AvgIpc) is 2.92. The molecule has 132 valence electrons. The standard InChI is InChI=1S/C18H22FN5O/c1-9-7-10(19)8-13-11(5-6-22-15(9)13)18(25)24-17(21)12-3-2-4-14(20)16(12)23-24/h7-8,11,14,22H,2-6,20-21H2,1H3/t11-,14?/m0/s1. The van der Waals surface area contributed by atoms with E-state index in [0.717, 1.165) is 41.8 Å². The van der Waals surface area contributed by atoms with Crippen molar-refractivity contribution in [1.29, 1.82) is 0 Å². The smallest absolute Gasteiger partial charge is 0.256 e. The highest BCUT2D eigenvalue weighted by Crippen LogP contribution is 2.37. The lowest BCUT2D eigenvalue weighted by Crippen LogP contribution is -2.29. The molecule has 0 bridgehead atoms. The molecule has 0 fully saturated rings. The van der Waals surface area contributed by atoms with E-state index in [-0.39, 0.29) is 17.8 Å². The number of nitrogens with one attached hydrogen (secondary N) is 1. The number of nitrogen functional groups attached to an aromatic ring is 1. The van der Waals surface area contributed by atoms with Crippen molar-refractivity contribution in [3.8, 4) is 0 Å². The molecule has 2 aliphatic rings. The van der Waals surface area contributed by atoms with Gasteiger partial charge in [-0.3, -0.25) is 4.79 Å². The highest BCUT2D eigenvalue weighted by molar-refractivity contribution is 5.90. The largest absolute Gasteiger partial charge is 0.385 e. The minimum atomic E-state index is -0.467. The first-order valence-corrected chi connectivity index (χ1v) is 8.68. The molecule has 2 atom stereocenters. The minimum absolute atomic E-state index is 0.180. The second-order valence-electron chi connectivity index (χ2n) is 6.95. The van der Waals surface area contributed by atoms with E-state index in [1.54, 1.807) is 0 Å². The molecular weight excluding hydrogens is 321 g/mol. The number of hydrogen-bond acceptors (Lipinski definition) is 5. The molecule has 1 aliphatic heterocycles. The van der Waals surface area contributed by atoms with Crippen LogP contribution in [0.3, 0.4) is 0 Å². The fourth-order valence-corrected chi connectivity index (χ4v) is 4.03. The van der Waals surface area contributed by atoms with Gasteiger partial charge in [0.25, 0.3) is 5.91 Å². The summed E-state index contributed by atoms with van der Waals surface area (Å²) in [5, 5.41) is 7.69. The summed E-state index contributed by atoms with van der Waals surface area (Å²) in [4.78, 5) is 13.2. The Morgan fingerprint density at radius 1 is 1.40 bits per heavy atom. The molecule has 25 heavy (non-hydrogen) atoms. The number of hydrogen-bond donors (Lipinski definition) is 3. The SMILES string of the molecule is Cc1cc(F)cc2c1NCC[C@@H]2C(=O)n1nc2c(c1N)CCCC2N. The number of aromatic nitrogens is 2. The molecule has 0 amide bonds. The van der Waals surface area contributed by atoms with Crippen molar-refractivity contribution in [2.75, 3.05) is 17.6 Å². The van der Waals surface area contributed by atoms with Gasteiger partial charge in [0.15, 0.2) is 0 Å². The molecule has 6 nitrogen and oxygen atoms in total. The molecule has 4 rings (SSSR count). The summed E-state index contributed by atoms with van der Waals surface area (Å²) >= 11 is 0. The van der Waals surface area contributed by atoms with Gasteiger partial charge >= 0.3 is 0 Å². The van der Waals surface area contributed by atoms with Gasteiger partial charge in [-0.1, -0.05) is 0 Å². The summed E-state index contributed by atoms with van der Waals surface area (Å²) in [7, 11) is 0. The number of aryl methyl sites for hydroxylation is 1. The van der Waals surface area contributed by atoms with E-state index in [1.165, 1.54) is 16.8 Å². The van der Waals surface area contributed by atoms with E-state index in [4.69, 9.17) is 11.5 Å². The van der Waals surface area contributed by atoms with Gasteiger partial charge in [0, 0.05) is 23.8 Å². The van der Waals surface area contributed by atoms with Gasteiger partial charge in [-0.05, 0) is 55.9 Å². The number of anilines is 2. The molecule has 7 heteroatoms. The number of carbonyl (C=O) groups is 1. The average molecular weight is 343 g/mol. The van der Waals surface area contributed by atoms with Gasteiger partial charge in [-0.25, -0.2) is 4.39 Å². The number of rotatable bonds is 1. The summed E-state index contributed by atoms with van der Waals surface area (Å²) in [6.45, 7) is 2.48. The number of fused-ring (bicyclic) bond motifs is 2. The normalized spacial score (nSPS) is 22.0. The van der Waals surface area contributed by atoms with Crippen LogP contribution in [-0.4, -0.2) is 22.2 Å². The van der Waals surface area contributed by atoms with Crippen molar-refractivity contribution < 1.29 is 9.18 Å². The van der Waals surface area contributed by atoms with Crippen molar-refractivity contribution in [1.82, 2.24) is 9.78 Å². The Balaban J connectivity index is 1.77. The highest BCUT2D eigenvalue weighted by Gasteiger charge is 2.33. The third-order valence-corrected chi connectivity index (χ3v) is 5.30. The molecule has 0 saturated carbocycles. The van der Waals surface area contributed by atoms with Crippen LogP contribution >= 0.6 is 0 Å². The number of nitrogens with zero attached hydrogens (tertiary/aromatic N) is 2. The zero-order valence-electron chi connectivity index (χ0n) is 14.2. The number of nitrogens with two attached hydrogens (primary N) is 2. The summed E-state index contributed by atoms with van der Waals surface area (Å²) in [6, 6.07) is 2.72. The molecule has 1 unspecified atom stereocenters. The molecule has 1 aliphatic carbocycles. The van der Waals surface area contributed by atoms with Crippen LogP contribution in [0.2, 0.25) is 0 Å². The lowest BCUT2D eigenvalue weighted by molar-refractivity contribution is 0.0859. The number of halogens is 1. The number of benzene rings is 1. The number of carbonyl (C=O) groups excluding carboxylic acids is 1. The van der Waals surface area contributed by atoms with Crippen LogP contribution in [0.4, 0.5) is 15.9 Å². The lowest BCUT2D eigenvalue weighted by atomic mass is 9.88. The molecule has 2 aromatic rings. The zero-order chi connectivity index (χ0) is 17.7. The summed E-state index contributed by atoms with van der Waals surface area (Å²) < 4.78 is 15.2. The minimum Gasteiger partial charge on any atom is -0.385 e. The van der Waals surface area contributed by atoms with Gasteiger partial charge in [-0.15, -0.1) is 0 Å². The van der Waals surface area contributed by atoms with Crippen molar-refractivity contribution >= 4 is 17.4 Å². The van der Waals surface area contributed by atoms with Gasteiger partial charge in [0.2, 0.25) is 0 Å². The van der Waals surface area contributed by atoms with Crippen molar-refractivity contribution in [2.45, 2.75) is 44.6 Å². The Morgan fingerprint density at radius 3 is 2.96 bits per heavy atom. The van der Waals surface area contributed by atoms with E-state index in [1.807, 2.05) is 6.92 Å². The van der Waals surface area contributed by atoms with Crippen molar-refractivity contribution in [2.24, 2.45) is 5.73 Å². The quantitative estimate of drug-likeness (QED) is 0.739. The second kappa shape index (κ2) is 5.84. The molecule has 0 radical (unpaired) electrons. The first-order chi connectivity index (χ1) is 12.0. The van der Waals surface area contributed by atoms with Crippen LogP contribution in [0.1, 0.15) is 58.4 Å². The molecule has 0 saturated heterocycles. The van der Waals surface area contributed by atoms with Crippen LogP contribution in [0, 0.1) is 12.7 Å². The molecule has 1 aromatic heterocycles. The summed E-state index contributed by atoms with van der Waals surface area (Å²) in [5.74, 6) is -0.645. The second-order valence-corrected chi connectivity index (χ2v) is 6.95. The van der Waals surface area contributed by atoms with E-state index < -0.39 is 5.92 Å². The predicted octanol–water partition coefficient (Wildman–Crippen LogP) is 2.49. The third kappa shape index (κ3) is 2.50. The molecular formula is C18H22FN5O. The van der Waals surface area contributed by atoms with Gasteiger partial charge in [-0.2, -0.15) is 9.78 Å². The predicted molar refractivity (Wildman–Crippen MR) is 94.1 cm³/mol. The Kier molecular flexibility index (Phi) is 3.76. The summed E-state index contributed by atoms with van der Waals surface area (Å²) in [5.41, 5.74) is 16.2. The summed E-state index contributed by atoms with van der Waals surface area (Å²) in [6.07, 6.45) is 3.15. The Labute approximate surface area is 145 Å². The maximum absolute atomic E-state index is 13.9. The Hall–Kier alpha value is -2.41. The maximum atomic E-state index is 13.9. The Morgan fingerprint density at radius 2 is 2.20 bits per heavy atom. The highest BCUT2D eigenvalue weighted by atomic mass is 19.1. The van der Waals surface area contributed by atoms with Gasteiger partial charge < -0.3 is 16.8 Å². The zero-order valence-corrected chi connectivity index (χ0v) is 14.2. The third-order valence-electron chi connectivity index (χ3n) is 5.30. The van der Waals surface area contributed by atoms with E-state index in [0.29, 0.717) is 24.3 Å². The fourth-order valence-electron chi connectivity index (χ4n) is 4.03. The first-order valence-electron chi connectivity index (χ1n) is 8.68. The Bertz CT molecular complexity index is 860. The van der Waals surface area contributed by atoms with Crippen LogP contribution in [0.25, 0.3) is 0 Å². The molecule has 5 N–H and O–H groups in total. The molecule has 1 aromatic carbocycles. The van der Waals surface area contributed by atoms with Gasteiger partial charge in [0.05, 0.1) is 11.6 Å². The van der Waals surface area contributed by atoms with Crippen LogP contribution < -0.4 is 16.8 Å². The topological polar surface area (TPSA) is 99.0 Å². The van der Waals surface area contributed by atoms with Crippen LogP contribution in [-0.2, 0) is 6.42 Å². The van der Waals surface area contributed by atoms with Crippen molar-refractivity contribution in [3.63, 3.8) is 0 Å². The van der Waals surface area contributed by atoms with Crippen LogP contribution in [0.15, 0.2) is 12.1 Å². The van der Waals surface area contributed by atoms with Crippen LogP contribution in [0.5, 0.6) is 0 Å². The van der Waals surface area contributed by atoms with E-state index in [9.17, 15) is 9.18 Å². The maximum Gasteiger partial charge on any atom is 0.256 e. The van der Waals surface area contributed by atoms with E-state index in [2.05, 4.69) is 10.4 Å². The molecule has 0 spiro atoms. The monoisotopic (exact) mass is 343 g/mol. The fraction of sp³-hybridized carbons (Fsp3) is 0.444. The van der Waals surface area contributed by atoms with Gasteiger partial charge in [0.1, 0.15) is 11.6 Å². The van der Waals surface area contributed by atoms with Crippen molar-refractivity contribution in [3.05, 3.63) is 40.3 Å². The first kappa shape index (κ1) is 16.1. The molecule has 2 heterocycles. The lowest BCUT2D eigenvalue weighted by Gasteiger charge is -2.27.